The second kappa shape index (κ2) is 5.83. The van der Waals surface area contributed by atoms with Crippen LogP contribution in [0.1, 0.15) is 25.8 Å². The van der Waals surface area contributed by atoms with Gasteiger partial charge in [0.1, 0.15) is 11.9 Å². The quantitative estimate of drug-likeness (QED) is 0.885. The van der Waals surface area contributed by atoms with E-state index in [0.717, 1.165) is 25.4 Å². The van der Waals surface area contributed by atoms with Gasteiger partial charge in [0.15, 0.2) is 0 Å². The van der Waals surface area contributed by atoms with E-state index in [2.05, 4.69) is 30.2 Å². The molecule has 0 aliphatic carbocycles. The first-order valence-corrected chi connectivity index (χ1v) is 6.42. The molecule has 0 bridgehead atoms. The summed E-state index contributed by atoms with van der Waals surface area (Å²) in [6, 6.07) is 5.69. The Morgan fingerprint density at radius 3 is 3.00 bits per heavy atom. The minimum Gasteiger partial charge on any atom is -0.378 e. The van der Waals surface area contributed by atoms with Crippen molar-refractivity contribution in [2.24, 2.45) is 11.8 Å². The van der Waals surface area contributed by atoms with Crippen LogP contribution in [0.4, 0.5) is 5.82 Å². The van der Waals surface area contributed by atoms with Crippen molar-refractivity contribution in [2.45, 2.75) is 26.4 Å². The molecule has 1 aromatic heterocycles. The minimum atomic E-state index is 0.343. The van der Waals surface area contributed by atoms with Gasteiger partial charge in [-0.05, 0) is 24.5 Å². The molecule has 0 spiro atoms. The maximum atomic E-state index is 8.70. The van der Waals surface area contributed by atoms with Crippen LogP contribution < -0.4 is 5.32 Å². The van der Waals surface area contributed by atoms with Crippen LogP contribution in [-0.4, -0.2) is 24.2 Å². The molecule has 0 radical (unpaired) electrons. The lowest BCUT2D eigenvalue weighted by atomic mass is 9.93. The highest BCUT2D eigenvalue weighted by atomic mass is 16.5. The van der Waals surface area contributed by atoms with Crippen molar-refractivity contribution in [1.82, 2.24) is 4.98 Å². The molecule has 1 aliphatic rings. The summed E-state index contributed by atoms with van der Waals surface area (Å²) in [5.41, 5.74) is 0.588. The van der Waals surface area contributed by atoms with Gasteiger partial charge in [-0.2, -0.15) is 5.26 Å². The van der Waals surface area contributed by atoms with Crippen molar-refractivity contribution in [3.8, 4) is 6.07 Å². The molecule has 1 fully saturated rings. The average molecular weight is 245 g/mol. The molecule has 2 atom stereocenters. The predicted molar refractivity (Wildman–Crippen MR) is 70.1 cm³/mol. The Balaban J connectivity index is 1.89. The van der Waals surface area contributed by atoms with E-state index in [4.69, 9.17) is 10.00 Å². The fraction of sp³-hybridized carbons (Fsp3) is 0.571. The van der Waals surface area contributed by atoms with Crippen LogP contribution in [0.2, 0.25) is 0 Å². The Morgan fingerprint density at radius 1 is 1.56 bits per heavy atom. The standard InChI is InChI=1S/C14H19N3O/c1-10(2)14-12(5-6-18-14)9-17-13-4-3-11(7-15)8-16-13/h3-4,8,10,12,14H,5-6,9H2,1-2H3,(H,16,17)/t12-,14-/m1/s1. The van der Waals surface area contributed by atoms with E-state index in [1.165, 1.54) is 0 Å². The maximum Gasteiger partial charge on any atom is 0.125 e. The molecule has 2 rings (SSSR count). The lowest BCUT2D eigenvalue weighted by Gasteiger charge is -2.22. The molecule has 4 nitrogen and oxygen atoms in total. The molecule has 1 aliphatic heterocycles. The molecule has 1 aromatic rings. The summed E-state index contributed by atoms with van der Waals surface area (Å²) >= 11 is 0. The fourth-order valence-electron chi connectivity index (χ4n) is 2.41. The lowest BCUT2D eigenvalue weighted by molar-refractivity contribution is 0.0566. The third-order valence-electron chi connectivity index (χ3n) is 3.36. The number of nitriles is 1. The smallest absolute Gasteiger partial charge is 0.125 e. The minimum absolute atomic E-state index is 0.343. The molecule has 96 valence electrons. The molecule has 0 aromatic carbocycles. The molecule has 18 heavy (non-hydrogen) atoms. The van der Waals surface area contributed by atoms with E-state index in [-0.39, 0.29) is 0 Å². The molecule has 1 N–H and O–H groups in total. The highest BCUT2D eigenvalue weighted by Crippen LogP contribution is 2.26. The summed E-state index contributed by atoms with van der Waals surface area (Å²) in [5.74, 6) is 1.92. The first-order chi connectivity index (χ1) is 8.70. The van der Waals surface area contributed by atoms with Crippen LogP contribution in [-0.2, 0) is 4.74 Å². The zero-order valence-corrected chi connectivity index (χ0v) is 10.9. The largest absolute Gasteiger partial charge is 0.378 e. The number of ether oxygens (including phenoxy) is 1. The van der Waals surface area contributed by atoms with E-state index < -0.39 is 0 Å². The Kier molecular flexibility index (Phi) is 4.16. The van der Waals surface area contributed by atoms with Crippen molar-refractivity contribution < 1.29 is 4.74 Å². The SMILES string of the molecule is CC(C)[C@H]1OCC[C@@H]1CNc1ccc(C#N)cn1. The summed E-state index contributed by atoms with van der Waals surface area (Å²) in [6.07, 6.45) is 3.04. The Hall–Kier alpha value is -1.60. The summed E-state index contributed by atoms with van der Waals surface area (Å²) in [7, 11) is 0. The lowest BCUT2D eigenvalue weighted by Crippen LogP contribution is -2.28. The van der Waals surface area contributed by atoms with Crippen LogP contribution in [0.15, 0.2) is 18.3 Å². The normalized spacial score (nSPS) is 23.0. The van der Waals surface area contributed by atoms with Crippen LogP contribution in [0.5, 0.6) is 0 Å². The number of pyridine rings is 1. The molecule has 0 saturated carbocycles. The molecular weight excluding hydrogens is 226 g/mol. The van der Waals surface area contributed by atoms with E-state index in [1.54, 1.807) is 12.3 Å². The zero-order valence-electron chi connectivity index (χ0n) is 10.9. The van der Waals surface area contributed by atoms with Crippen LogP contribution >= 0.6 is 0 Å². The van der Waals surface area contributed by atoms with Crippen molar-refractivity contribution in [3.63, 3.8) is 0 Å². The summed E-state index contributed by atoms with van der Waals surface area (Å²) in [6.45, 7) is 6.13. The van der Waals surface area contributed by atoms with E-state index in [1.807, 2.05) is 6.07 Å². The Bertz CT molecular complexity index is 422. The number of aromatic nitrogens is 1. The molecule has 4 heteroatoms. The van der Waals surface area contributed by atoms with E-state index in [9.17, 15) is 0 Å². The zero-order chi connectivity index (χ0) is 13.0. The van der Waals surface area contributed by atoms with Gasteiger partial charge in [-0.15, -0.1) is 0 Å². The molecule has 2 heterocycles. The van der Waals surface area contributed by atoms with E-state index >= 15 is 0 Å². The van der Waals surface area contributed by atoms with Gasteiger partial charge in [0.05, 0.1) is 11.7 Å². The average Bonchev–Trinajstić information content (AvgIpc) is 2.85. The van der Waals surface area contributed by atoms with Crippen LogP contribution in [0.3, 0.4) is 0 Å². The third-order valence-corrected chi connectivity index (χ3v) is 3.36. The van der Waals surface area contributed by atoms with Gasteiger partial charge in [0, 0.05) is 25.3 Å². The second-order valence-corrected chi connectivity index (χ2v) is 5.05. The van der Waals surface area contributed by atoms with Crippen molar-refractivity contribution >= 4 is 5.82 Å². The van der Waals surface area contributed by atoms with Gasteiger partial charge in [0.25, 0.3) is 0 Å². The number of nitrogens with zero attached hydrogens (tertiary/aromatic N) is 2. The Morgan fingerprint density at radius 2 is 2.39 bits per heavy atom. The van der Waals surface area contributed by atoms with Crippen molar-refractivity contribution in [2.75, 3.05) is 18.5 Å². The summed E-state index contributed by atoms with van der Waals surface area (Å²) in [4.78, 5) is 4.21. The Labute approximate surface area is 108 Å². The molecular formula is C14H19N3O. The number of nitrogens with one attached hydrogen (secondary N) is 1. The highest BCUT2D eigenvalue weighted by Gasteiger charge is 2.30. The topological polar surface area (TPSA) is 57.9 Å². The fourth-order valence-corrected chi connectivity index (χ4v) is 2.41. The first kappa shape index (κ1) is 12.8. The summed E-state index contributed by atoms with van der Waals surface area (Å²) < 4.78 is 5.75. The van der Waals surface area contributed by atoms with Gasteiger partial charge >= 0.3 is 0 Å². The van der Waals surface area contributed by atoms with Gasteiger partial charge in [-0.3, -0.25) is 0 Å². The number of hydrogen-bond acceptors (Lipinski definition) is 4. The molecule has 0 amide bonds. The number of rotatable bonds is 4. The van der Waals surface area contributed by atoms with Gasteiger partial charge in [0.2, 0.25) is 0 Å². The number of hydrogen-bond donors (Lipinski definition) is 1. The molecule has 0 unspecified atom stereocenters. The third kappa shape index (κ3) is 2.99. The van der Waals surface area contributed by atoms with Crippen molar-refractivity contribution in [3.05, 3.63) is 23.9 Å². The second-order valence-electron chi connectivity index (χ2n) is 5.05. The van der Waals surface area contributed by atoms with Gasteiger partial charge in [-0.1, -0.05) is 13.8 Å². The van der Waals surface area contributed by atoms with Crippen LogP contribution in [0.25, 0.3) is 0 Å². The predicted octanol–water partition coefficient (Wildman–Crippen LogP) is 2.43. The van der Waals surface area contributed by atoms with Crippen molar-refractivity contribution in [1.29, 1.82) is 5.26 Å². The van der Waals surface area contributed by atoms with Crippen LogP contribution in [0, 0.1) is 23.2 Å². The monoisotopic (exact) mass is 245 g/mol. The first-order valence-electron chi connectivity index (χ1n) is 6.42. The van der Waals surface area contributed by atoms with Gasteiger partial charge in [-0.25, -0.2) is 4.98 Å². The van der Waals surface area contributed by atoms with E-state index in [0.29, 0.717) is 23.5 Å². The summed E-state index contributed by atoms with van der Waals surface area (Å²) in [5, 5.41) is 12.0. The maximum absolute atomic E-state index is 8.70. The number of anilines is 1. The van der Waals surface area contributed by atoms with Gasteiger partial charge < -0.3 is 10.1 Å². The molecule has 1 saturated heterocycles. The highest BCUT2D eigenvalue weighted by molar-refractivity contribution is 5.38.